The second-order valence-electron chi connectivity index (χ2n) is 5.58. The molecule has 1 unspecified atom stereocenters. The van der Waals surface area contributed by atoms with E-state index in [9.17, 15) is 4.79 Å². The highest BCUT2D eigenvalue weighted by molar-refractivity contribution is 5.91. The summed E-state index contributed by atoms with van der Waals surface area (Å²) in [5.74, 6) is 0.466. The summed E-state index contributed by atoms with van der Waals surface area (Å²) in [5.41, 5.74) is 1.02. The van der Waals surface area contributed by atoms with Crippen LogP contribution in [0.15, 0.2) is 24.4 Å². The molecule has 3 aliphatic heterocycles. The summed E-state index contributed by atoms with van der Waals surface area (Å²) in [6.07, 6.45) is 5.70. The van der Waals surface area contributed by atoms with Crippen LogP contribution in [-0.2, 0) is 11.2 Å². The number of rotatable bonds is 3. The highest BCUT2D eigenvalue weighted by Crippen LogP contribution is 2.43. The van der Waals surface area contributed by atoms with Crippen LogP contribution in [0.4, 0.5) is 0 Å². The smallest absolute Gasteiger partial charge is 0.156 e. The lowest BCUT2D eigenvalue weighted by Gasteiger charge is -2.51. The van der Waals surface area contributed by atoms with Crippen LogP contribution in [0.3, 0.4) is 0 Å². The third-order valence-electron chi connectivity index (χ3n) is 4.83. The molecule has 0 radical (unpaired) electrons. The minimum atomic E-state index is -0.0196. The summed E-state index contributed by atoms with van der Waals surface area (Å²) >= 11 is 0. The molecule has 0 aromatic carbocycles. The minimum Gasteiger partial charge on any atom is -0.297 e. The number of Topliss-reactive ketones (excluding diaryl/α,β-unsaturated/α-hetero) is 1. The monoisotopic (exact) mass is 244 g/mol. The maximum Gasteiger partial charge on any atom is 0.156 e. The van der Waals surface area contributed by atoms with E-state index in [-0.39, 0.29) is 11.5 Å². The Morgan fingerprint density at radius 2 is 2.17 bits per heavy atom. The van der Waals surface area contributed by atoms with Crippen LogP contribution >= 0.6 is 0 Å². The normalized spacial score (nSPS) is 34.8. The molecule has 2 bridgehead atoms. The standard InChI is InChI=1S/C15H20N2O/c1-2-15-6-9-17(10-7-15)13(14(15)18)11-12-5-3-4-8-16-12/h3-5,8,13H,2,6-7,9-11H2,1H3. The lowest BCUT2D eigenvalue weighted by molar-refractivity contribution is -0.147. The number of hydrogen-bond acceptors (Lipinski definition) is 3. The lowest BCUT2D eigenvalue weighted by atomic mass is 9.66. The molecular weight excluding hydrogens is 224 g/mol. The van der Waals surface area contributed by atoms with Gasteiger partial charge in [-0.25, -0.2) is 0 Å². The van der Waals surface area contributed by atoms with E-state index in [0.717, 1.165) is 44.5 Å². The highest BCUT2D eigenvalue weighted by Gasteiger charge is 2.50. The second kappa shape index (κ2) is 4.47. The number of ketones is 1. The number of fused-ring (bicyclic) bond motifs is 3. The van der Waals surface area contributed by atoms with Crippen LogP contribution in [0.5, 0.6) is 0 Å². The molecule has 3 heteroatoms. The van der Waals surface area contributed by atoms with Crippen molar-refractivity contribution in [2.75, 3.05) is 13.1 Å². The van der Waals surface area contributed by atoms with Gasteiger partial charge in [-0.1, -0.05) is 13.0 Å². The first-order valence-corrected chi connectivity index (χ1v) is 6.93. The lowest BCUT2D eigenvalue weighted by Crippen LogP contribution is -2.61. The molecule has 0 saturated carbocycles. The average molecular weight is 244 g/mol. The summed E-state index contributed by atoms with van der Waals surface area (Å²) < 4.78 is 0. The van der Waals surface area contributed by atoms with Gasteiger partial charge in [-0.2, -0.15) is 0 Å². The molecular formula is C15H20N2O. The molecule has 1 atom stereocenters. The van der Waals surface area contributed by atoms with E-state index in [4.69, 9.17) is 0 Å². The SMILES string of the molecule is CCC12CCN(CC1)C(Cc1ccccn1)C2=O. The Kier molecular flexibility index (Phi) is 2.94. The molecule has 0 aliphatic carbocycles. The van der Waals surface area contributed by atoms with Crippen LogP contribution in [0.25, 0.3) is 0 Å². The van der Waals surface area contributed by atoms with Gasteiger partial charge in [-0.05, 0) is 44.5 Å². The maximum atomic E-state index is 12.7. The number of nitrogens with zero attached hydrogens (tertiary/aromatic N) is 2. The molecule has 0 amide bonds. The molecule has 3 aliphatic rings. The summed E-state index contributed by atoms with van der Waals surface area (Å²) in [6.45, 7) is 4.32. The molecule has 18 heavy (non-hydrogen) atoms. The molecule has 0 spiro atoms. The first-order valence-electron chi connectivity index (χ1n) is 6.93. The van der Waals surface area contributed by atoms with Crippen LogP contribution in [0.1, 0.15) is 31.9 Å². The minimum absolute atomic E-state index is 0.0196. The van der Waals surface area contributed by atoms with Crippen molar-refractivity contribution < 1.29 is 4.79 Å². The Labute approximate surface area is 108 Å². The Hall–Kier alpha value is -1.22. The van der Waals surface area contributed by atoms with Crippen molar-refractivity contribution in [3.8, 4) is 0 Å². The Bertz CT molecular complexity index is 435. The quantitative estimate of drug-likeness (QED) is 0.816. The van der Waals surface area contributed by atoms with Crippen molar-refractivity contribution in [3.05, 3.63) is 30.1 Å². The Balaban J connectivity index is 1.83. The number of aromatic nitrogens is 1. The van der Waals surface area contributed by atoms with Gasteiger partial charge in [0.2, 0.25) is 0 Å². The number of pyridine rings is 1. The fourth-order valence-corrected chi connectivity index (χ4v) is 3.50. The predicted octanol–water partition coefficient (Wildman–Crippen LogP) is 2.07. The zero-order valence-electron chi connectivity index (χ0n) is 10.9. The first-order chi connectivity index (χ1) is 8.75. The van der Waals surface area contributed by atoms with Gasteiger partial charge >= 0.3 is 0 Å². The van der Waals surface area contributed by atoms with E-state index in [1.807, 2.05) is 24.4 Å². The van der Waals surface area contributed by atoms with Gasteiger partial charge in [0.1, 0.15) is 0 Å². The van der Waals surface area contributed by atoms with E-state index < -0.39 is 0 Å². The molecule has 4 heterocycles. The largest absolute Gasteiger partial charge is 0.297 e. The van der Waals surface area contributed by atoms with Crippen molar-refractivity contribution >= 4 is 5.78 Å². The van der Waals surface area contributed by atoms with Crippen molar-refractivity contribution in [2.45, 2.75) is 38.6 Å². The van der Waals surface area contributed by atoms with Gasteiger partial charge in [-0.15, -0.1) is 0 Å². The van der Waals surface area contributed by atoms with E-state index >= 15 is 0 Å². The molecule has 1 aromatic rings. The predicted molar refractivity (Wildman–Crippen MR) is 70.3 cm³/mol. The van der Waals surface area contributed by atoms with Crippen LogP contribution in [0, 0.1) is 5.41 Å². The van der Waals surface area contributed by atoms with Gasteiger partial charge in [0.05, 0.1) is 6.04 Å². The molecule has 3 fully saturated rings. The maximum absolute atomic E-state index is 12.7. The van der Waals surface area contributed by atoms with E-state index in [0.29, 0.717) is 5.78 Å². The van der Waals surface area contributed by atoms with Crippen molar-refractivity contribution in [1.82, 2.24) is 9.88 Å². The molecule has 0 N–H and O–H groups in total. The van der Waals surface area contributed by atoms with Crippen LogP contribution in [0.2, 0.25) is 0 Å². The molecule has 1 aromatic heterocycles. The molecule has 3 nitrogen and oxygen atoms in total. The topological polar surface area (TPSA) is 33.2 Å². The summed E-state index contributed by atoms with van der Waals surface area (Å²) in [6, 6.07) is 6.02. The van der Waals surface area contributed by atoms with Gasteiger partial charge in [0, 0.05) is 23.7 Å². The average Bonchev–Trinajstić information content (AvgIpc) is 2.44. The molecule has 96 valence electrons. The van der Waals surface area contributed by atoms with Crippen LogP contribution < -0.4 is 0 Å². The summed E-state index contributed by atoms with van der Waals surface area (Å²) in [5, 5.41) is 0. The number of piperidine rings is 3. The van der Waals surface area contributed by atoms with Gasteiger partial charge in [-0.3, -0.25) is 14.7 Å². The molecule has 3 saturated heterocycles. The first kappa shape index (κ1) is 11.8. The Morgan fingerprint density at radius 3 is 2.78 bits per heavy atom. The third kappa shape index (κ3) is 1.77. The van der Waals surface area contributed by atoms with Crippen molar-refractivity contribution in [1.29, 1.82) is 0 Å². The second-order valence-corrected chi connectivity index (χ2v) is 5.58. The Morgan fingerprint density at radius 1 is 1.39 bits per heavy atom. The molecule has 4 rings (SSSR count). The zero-order valence-corrected chi connectivity index (χ0v) is 10.9. The van der Waals surface area contributed by atoms with Crippen molar-refractivity contribution in [2.24, 2.45) is 5.41 Å². The van der Waals surface area contributed by atoms with Gasteiger partial charge in [0.25, 0.3) is 0 Å². The summed E-state index contributed by atoms with van der Waals surface area (Å²) in [4.78, 5) is 19.4. The van der Waals surface area contributed by atoms with E-state index in [1.54, 1.807) is 0 Å². The van der Waals surface area contributed by atoms with E-state index in [1.165, 1.54) is 0 Å². The highest BCUT2D eigenvalue weighted by atomic mass is 16.1. The summed E-state index contributed by atoms with van der Waals surface area (Å²) in [7, 11) is 0. The van der Waals surface area contributed by atoms with E-state index in [2.05, 4.69) is 16.8 Å². The van der Waals surface area contributed by atoms with Gasteiger partial charge < -0.3 is 0 Å². The number of carbonyl (C=O) groups excluding carboxylic acids is 1. The van der Waals surface area contributed by atoms with Crippen molar-refractivity contribution in [3.63, 3.8) is 0 Å². The number of hydrogen-bond donors (Lipinski definition) is 0. The van der Waals surface area contributed by atoms with Gasteiger partial charge in [0.15, 0.2) is 5.78 Å². The number of carbonyl (C=O) groups is 1. The fraction of sp³-hybridized carbons (Fsp3) is 0.600. The fourth-order valence-electron chi connectivity index (χ4n) is 3.50. The third-order valence-corrected chi connectivity index (χ3v) is 4.83. The van der Waals surface area contributed by atoms with Crippen LogP contribution in [-0.4, -0.2) is 34.8 Å². The zero-order chi connectivity index (χ0) is 12.6.